The Labute approximate surface area is 110 Å². The van der Waals surface area contributed by atoms with Crippen LogP contribution in [-0.4, -0.2) is 17.1 Å². The van der Waals surface area contributed by atoms with Gasteiger partial charge in [0.05, 0.1) is 28.6 Å². The number of non-ortho nitro benzene ring substituents is 1. The number of hydrogen-bond donors (Lipinski definition) is 0. The topological polar surface area (TPSA) is 76.2 Å². The van der Waals surface area contributed by atoms with Gasteiger partial charge in [0.1, 0.15) is 0 Å². The number of benzene rings is 1. The summed E-state index contributed by atoms with van der Waals surface area (Å²) in [5.74, 6) is 0. The van der Waals surface area contributed by atoms with E-state index in [1.807, 2.05) is 0 Å². The summed E-state index contributed by atoms with van der Waals surface area (Å²) < 4.78 is 5.78. The van der Waals surface area contributed by atoms with Crippen molar-refractivity contribution in [3.63, 3.8) is 0 Å². The minimum atomic E-state index is -0.445. The summed E-state index contributed by atoms with van der Waals surface area (Å²) in [4.78, 5) is 10.2. The van der Waals surface area contributed by atoms with E-state index in [9.17, 15) is 15.4 Å². The Hall–Kier alpha value is -1.93. The average molecular weight is 258 g/mol. The molecule has 3 unspecified atom stereocenters. The van der Waals surface area contributed by atoms with Crippen molar-refractivity contribution in [3.05, 3.63) is 39.9 Å². The second-order valence-corrected chi connectivity index (χ2v) is 5.40. The SMILES string of the molecule is N#CC1(Cc2ccc([N+](=O)[O-])cc2)CC2CCC1O2. The zero-order chi connectivity index (χ0) is 13.5. The predicted octanol–water partition coefficient (Wildman–Crippen LogP) is 2.60. The molecule has 3 rings (SSSR count). The Morgan fingerprint density at radius 1 is 1.42 bits per heavy atom. The summed E-state index contributed by atoms with van der Waals surface area (Å²) >= 11 is 0. The number of nitrogens with zero attached hydrogens (tertiary/aromatic N) is 2. The van der Waals surface area contributed by atoms with Crippen LogP contribution >= 0.6 is 0 Å². The van der Waals surface area contributed by atoms with Gasteiger partial charge < -0.3 is 4.74 Å². The highest BCUT2D eigenvalue weighted by Gasteiger charge is 2.52. The quantitative estimate of drug-likeness (QED) is 0.616. The number of fused-ring (bicyclic) bond motifs is 2. The Bertz CT molecular complexity index is 549. The van der Waals surface area contributed by atoms with Crippen molar-refractivity contribution in [1.29, 1.82) is 5.26 Å². The Morgan fingerprint density at radius 3 is 2.63 bits per heavy atom. The second kappa shape index (κ2) is 4.32. The molecule has 1 aromatic carbocycles. The van der Waals surface area contributed by atoms with Gasteiger partial charge in [-0.05, 0) is 31.2 Å². The van der Waals surface area contributed by atoms with Gasteiger partial charge in [-0.1, -0.05) is 12.1 Å². The van der Waals surface area contributed by atoms with E-state index >= 15 is 0 Å². The number of rotatable bonds is 3. The first kappa shape index (κ1) is 12.1. The van der Waals surface area contributed by atoms with E-state index < -0.39 is 10.3 Å². The highest BCUT2D eigenvalue weighted by Crippen LogP contribution is 2.49. The normalized spacial score (nSPS) is 32.2. The maximum absolute atomic E-state index is 10.6. The molecule has 3 atom stereocenters. The second-order valence-electron chi connectivity index (χ2n) is 5.40. The van der Waals surface area contributed by atoms with Gasteiger partial charge in [0.25, 0.3) is 5.69 Å². The van der Waals surface area contributed by atoms with Gasteiger partial charge in [-0.25, -0.2) is 0 Å². The van der Waals surface area contributed by atoms with E-state index in [2.05, 4.69) is 6.07 Å². The van der Waals surface area contributed by atoms with Crippen molar-refractivity contribution in [1.82, 2.24) is 0 Å². The lowest BCUT2D eigenvalue weighted by molar-refractivity contribution is -0.384. The van der Waals surface area contributed by atoms with E-state index in [0.29, 0.717) is 6.42 Å². The van der Waals surface area contributed by atoms with Crippen LogP contribution < -0.4 is 0 Å². The van der Waals surface area contributed by atoms with E-state index in [1.54, 1.807) is 12.1 Å². The molecular weight excluding hydrogens is 244 g/mol. The lowest BCUT2D eigenvalue weighted by Crippen LogP contribution is -2.33. The molecule has 2 aliphatic heterocycles. The summed E-state index contributed by atoms with van der Waals surface area (Å²) in [5, 5.41) is 20.1. The molecule has 0 radical (unpaired) electrons. The molecule has 0 aliphatic carbocycles. The first-order valence-electron chi connectivity index (χ1n) is 6.43. The van der Waals surface area contributed by atoms with Crippen LogP contribution in [0.2, 0.25) is 0 Å². The molecule has 2 bridgehead atoms. The predicted molar refractivity (Wildman–Crippen MR) is 67.4 cm³/mol. The third kappa shape index (κ3) is 1.98. The lowest BCUT2D eigenvalue weighted by Gasteiger charge is -2.28. The van der Waals surface area contributed by atoms with Crippen LogP contribution in [0.15, 0.2) is 24.3 Å². The molecule has 0 amide bonds. The van der Waals surface area contributed by atoms with Crippen LogP contribution in [0.3, 0.4) is 0 Å². The molecule has 5 nitrogen and oxygen atoms in total. The van der Waals surface area contributed by atoms with Crippen LogP contribution in [0.4, 0.5) is 5.69 Å². The fourth-order valence-corrected chi connectivity index (χ4v) is 3.24. The van der Waals surface area contributed by atoms with E-state index in [4.69, 9.17) is 4.74 Å². The van der Waals surface area contributed by atoms with Crippen molar-refractivity contribution in [2.75, 3.05) is 0 Å². The summed E-state index contributed by atoms with van der Waals surface area (Å²) in [5.41, 5.74) is 0.598. The van der Waals surface area contributed by atoms with Gasteiger partial charge in [-0.3, -0.25) is 10.1 Å². The third-order valence-electron chi connectivity index (χ3n) is 4.21. The fraction of sp³-hybridized carbons (Fsp3) is 0.500. The molecule has 19 heavy (non-hydrogen) atoms. The van der Waals surface area contributed by atoms with Crippen molar-refractivity contribution >= 4 is 5.69 Å². The number of nitro groups is 1. The molecule has 0 N–H and O–H groups in total. The molecule has 2 fully saturated rings. The zero-order valence-corrected chi connectivity index (χ0v) is 10.4. The number of ether oxygens (including phenoxy) is 1. The van der Waals surface area contributed by atoms with Crippen LogP contribution in [0, 0.1) is 26.9 Å². The van der Waals surface area contributed by atoms with Crippen LogP contribution in [0.1, 0.15) is 24.8 Å². The van der Waals surface area contributed by atoms with Crippen LogP contribution in [0.5, 0.6) is 0 Å². The van der Waals surface area contributed by atoms with Gasteiger partial charge in [0, 0.05) is 12.1 Å². The van der Waals surface area contributed by atoms with E-state index in [1.165, 1.54) is 12.1 Å². The minimum Gasteiger partial charge on any atom is -0.373 e. The first-order valence-corrected chi connectivity index (χ1v) is 6.43. The van der Waals surface area contributed by atoms with Gasteiger partial charge in [0.15, 0.2) is 0 Å². The van der Waals surface area contributed by atoms with Gasteiger partial charge in [-0.15, -0.1) is 0 Å². The largest absolute Gasteiger partial charge is 0.373 e. The van der Waals surface area contributed by atoms with Crippen molar-refractivity contribution in [3.8, 4) is 6.07 Å². The monoisotopic (exact) mass is 258 g/mol. The van der Waals surface area contributed by atoms with Crippen molar-refractivity contribution in [2.24, 2.45) is 5.41 Å². The number of hydrogen-bond acceptors (Lipinski definition) is 4. The molecule has 2 aliphatic rings. The molecule has 2 saturated heterocycles. The van der Waals surface area contributed by atoms with E-state index in [0.717, 1.165) is 24.8 Å². The van der Waals surface area contributed by atoms with Gasteiger partial charge >= 0.3 is 0 Å². The molecule has 1 aromatic rings. The summed E-state index contributed by atoms with van der Waals surface area (Å²) in [6.07, 6.45) is 3.65. The highest BCUT2D eigenvalue weighted by molar-refractivity contribution is 5.34. The highest BCUT2D eigenvalue weighted by atomic mass is 16.6. The summed E-state index contributed by atoms with van der Waals surface area (Å²) in [6.45, 7) is 0. The zero-order valence-electron chi connectivity index (χ0n) is 10.4. The summed E-state index contributed by atoms with van der Waals surface area (Å²) in [6, 6.07) is 8.90. The fourth-order valence-electron chi connectivity index (χ4n) is 3.24. The maximum Gasteiger partial charge on any atom is 0.269 e. The molecule has 0 aromatic heterocycles. The Balaban J connectivity index is 1.81. The molecule has 2 heterocycles. The lowest BCUT2D eigenvalue weighted by atomic mass is 9.71. The van der Waals surface area contributed by atoms with Crippen molar-refractivity contribution < 1.29 is 9.66 Å². The average Bonchev–Trinajstić information content (AvgIpc) is 3.00. The molecular formula is C14H14N2O3. The standard InChI is InChI=1S/C14H14N2O3/c15-9-14(8-12-5-6-13(14)19-12)7-10-1-3-11(4-2-10)16(17)18/h1-4,12-13H,5-8H2. The smallest absolute Gasteiger partial charge is 0.269 e. The van der Waals surface area contributed by atoms with Crippen LogP contribution in [-0.2, 0) is 11.2 Å². The first-order chi connectivity index (χ1) is 9.13. The molecule has 5 heteroatoms. The Kier molecular flexibility index (Phi) is 2.76. The van der Waals surface area contributed by atoms with Gasteiger partial charge in [-0.2, -0.15) is 5.26 Å². The minimum absolute atomic E-state index is 0.0256. The molecule has 0 spiro atoms. The molecule has 0 saturated carbocycles. The maximum atomic E-state index is 10.6. The Morgan fingerprint density at radius 2 is 2.16 bits per heavy atom. The third-order valence-corrected chi connectivity index (χ3v) is 4.21. The number of nitriles is 1. The molecule has 98 valence electrons. The van der Waals surface area contributed by atoms with Crippen molar-refractivity contribution in [2.45, 2.75) is 37.9 Å². The van der Waals surface area contributed by atoms with Crippen LogP contribution in [0.25, 0.3) is 0 Å². The number of nitro benzene ring substituents is 1. The van der Waals surface area contributed by atoms with Gasteiger partial charge in [0.2, 0.25) is 0 Å². The van der Waals surface area contributed by atoms with E-state index in [-0.39, 0.29) is 17.9 Å². The summed E-state index contributed by atoms with van der Waals surface area (Å²) in [7, 11) is 0.